The third-order valence-electron chi connectivity index (χ3n) is 2.30. The second-order valence-corrected chi connectivity index (χ2v) is 3.79. The average molecular weight is 216 g/mol. The first-order valence-corrected chi connectivity index (χ1v) is 5.20. The molecule has 0 bridgehead atoms. The predicted molar refractivity (Wildman–Crippen MR) is 57.3 cm³/mol. The molecule has 15 heavy (non-hydrogen) atoms. The van der Waals surface area contributed by atoms with E-state index in [0.29, 0.717) is 19.5 Å². The van der Waals surface area contributed by atoms with Crippen molar-refractivity contribution in [3.8, 4) is 0 Å². The van der Waals surface area contributed by atoms with Crippen molar-refractivity contribution in [2.75, 3.05) is 13.1 Å². The lowest BCUT2D eigenvalue weighted by molar-refractivity contribution is -0.138. The number of nitrogens with one attached hydrogen (secondary N) is 1. The maximum atomic E-state index is 11.5. The summed E-state index contributed by atoms with van der Waals surface area (Å²) in [7, 11) is 0. The van der Waals surface area contributed by atoms with E-state index in [1.807, 2.05) is 6.92 Å². The van der Waals surface area contributed by atoms with Gasteiger partial charge in [0.05, 0.1) is 0 Å². The highest BCUT2D eigenvalue weighted by Gasteiger charge is 2.15. The van der Waals surface area contributed by atoms with E-state index < -0.39 is 5.97 Å². The smallest absolute Gasteiger partial charge is 0.303 e. The molecule has 0 aliphatic rings. The van der Waals surface area contributed by atoms with Gasteiger partial charge in [-0.3, -0.25) is 9.59 Å². The van der Waals surface area contributed by atoms with Crippen molar-refractivity contribution in [3.63, 3.8) is 0 Å². The number of carboxylic acids is 1. The van der Waals surface area contributed by atoms with Gasteiger partial charge in [0.2, 0.25) is 5.91 Å². The van der Waals surface area contributed by atoms with Crippen LogP contribution in [-0.4, -0.2) is 30.1 Å². The quantitative estimate of drug-likeness (QED) is 0.566. The summed E-state index contributed by atoms with van der Waals surface area (Å²) in [5.41, 5.74) is 5.42. The molecule has 0 saturated heterocycles. The second-order valence-electron chi connectivity index (χ2n) is 3.79. The van der Waals surface area contributed by atoms with Gasteiger partial charge in [-0.15, -0.1) is 0 Å². The van der Waals surface area contributed by atoms with E-state index in [-0.39, 0.29) is 24.2 Å². The first-order valence-electron chi connectivity index (χ1n) is 5.20. The van der Waals surface area contributed by atoms with E-state index in [1.165, 1.54) is 0 Å². The predicted octanol–water partition coefficient (Wildman–Crippen LogP) is 0.198. The van der Waals surface area contributed by atoms with Gasteiger partial charge < -0.3 is 16.2 Å². The highest BCUT2D eigenvalue weighted by Crippen LogP contribution is 2.02. The molecule has 88 valence electrons. The zero-order chi connectivity index (χ0) is 11.8. The summed E-state index contributed by atoms with van der Waals surface area (Å²) in [6.07, 6.45) is 0.773. The Hall–Kier alpha value is -1.10. The Bertz CT molecular complexity index is 215. The Morgan fingerprint density at radius 3 is 2.47 bits per heavy atom. The van der Waals surface area contributed by atoms with Crippen molar-refractivity contribution < 1.29 is 14.7 Å². The molecule has 5 heteroatoms. The monoisotopic (exact) mass is 216 g/mol. The normalized spacial score (nSPS) is 14.3. The lowest BCUT2D eigenvalue weighted by Gasteiger charge is -2.15. The number of rotatable bonds is 7. The molecular weight excluding hydrogens is 196 g/mol. The van der Waals surface area contributed by atoms with Crippen molar-refractivity contribution in [2.45, 2.75) is 26.7 Å². The molecular formula is C10H20N2O3. The fourth-order valence-electron chi connectivity index (χ4n) is 1.25. The summed E-state index contributed by atoms with van der Waals surface area (Å²) in [5.74, 6) is -1.15. The van der Waals surface area contributed by atoms with Crippen molar-refractivity contribution in [2.24, 2.45) is 17.6 Å². The van der Waals surface area contributed by atoms with E-state index in [2.05, 4.69) is 5.32 Å². The van der Waals surface area contributed by atoms with E-state index in [0.717, 1.165) is 0 Å². The number of nitrogens with two attached hydrogens (primary N) is 1. The second kappa shape index (κ2) is 7.23. The average Bonchev–Trinajstić information content (AvgIpc) is 2.15. The molecule has 0 saturated carbocycles. The number of hydrogen-bond acceptors (Lipinski definition) is 3. The molecule has 0 aromatic rings. The minimum absolute atomic E-state index is 0.0540. The Morgan fingerprint density at radius 2 is 2.07 bits per heavy atom. The van der Waals surface area contributed by atoms with Gasteiger partial charge in [0.1, 0.15) is 0 Å². The van der Waals surface area contributed by atoms with Crippen molar-refractivity contribution in [3.05, 3.63) is 0 Å². The minimum atomic E-state index is -0.845. The van der Waals surface area contributed by atoms with E-state index >= 15 is 0 Å². The molecule has 0 radical (unpaired) electrons. The van der Waals surface area contributed by atoms with Crippen LogP contribution in [0, 0.1) is 11.8 Å². The topological polar surface area (TPSA) is 92.4 Å². The summed E-state index contributed by atoms with van der Waals surface area (Å²) in [4.78, 5) is 21.8. The molecule has 0 rings (SSSR count). The van der Waals surface area contributed by atoms with Gasteiger partial charge in [0, 0.05) is 25.4 Å². The molecule has 5 nitrogen and oxygen atoms in total. The summed E-state index contributed by atoms with van der Waals surface area (Å²) in [6, 6.07) is 0. The molecule has 0 aliphatic heterocycles. The Labute approximate surface area is 90.0 Å². The third kappa shape index (κ3) is 6.06. The van der Waals surface area contributed by atoms with Gasteiger partial charge in [-0.2, -0.15) is 0 Å². The first-order chi connectivity index (χ1) is 7.01. The largest absolute Gasteiger partial charge is 0.481 e. The minimum Gasteiger partial charge on any atom is -0.481 e. The molecule has 1 amide bonds. The van der Waals surface area contributed by atoms with Crippen molar-refractivity contribution >= 4 is 11.9 Å². The summed E-state index contributed by atoms with van der Waals surface area (Å²) in [6.45, 7) is 4.41. The molecule has 0 aliphatic carbocycles. The zero-order valence-corrected chi connectivity index (χ0v) is 9.32. The van der Waals surface area contributed by atoms with Gasteiger partial charge >= 0.3 is 5.97 Å². The Morgan fingerprint density at radius 1 is 1.47 bits per heavy atom. The van der Waals surface area contributed by atoms with E-state index in [1.54, 1.807) is 6.92 Å². The van der Waals surface area contributed by atoms with E-state index in [4.69, 9.17) is 10.8 Å². The number of carbonyl (C=O) groups is 2. The first kappa shape index (κ1) is 13.9. The van der Waals surface area contributed by atoms with Gasteiger partial charge in [0.15, 0.2) is 0 Å². The van der Waals surface area contributed by atoms with Crippen LogP contribution in [-0.2, 0) is 9.59 Å². The van der Waals surface area contributed by atoms with Crippen LogP contribution in [0.5, 0.6) is 0 Å². The Kier molecular flexibility index (Phi) is 6.70. The molecule has 2 unspecified atom stereocenters. The summed E-state index contributed by atoms with van der Waals surface area (Å²) >= 11 is 0. The van der Waals surface area contributed by atoms with Crippen LogP contribution >= 0.6 is 0 Å². The molecule has 0 spiro atoms. The molecule has 4 N–H and O–H groups in total. The highest BCUT2D eigenvalue weighted by molar-refractivity contribution is 5.78. The van der Waals surface area contributed by atoms with Crippen molar-refractivity contribution in [1.29, 1.82) is 0 Å². The maximum absolute atomic E-state index is 11.5. The lowest BCUT2D eigenvalue weighted by atomic mass is 10.0. The summed E-state index contributed by atoms with van der Waals surface area (Å²) < 4.78 is 0. The fraction of sp³-hybridized carbons (Fsp3) is 0.800. The standard InChI is InChI=1S/C10H20N2O3/c1-3-8(5-11)10(15)12-6-7(2)4-9(13)14/h7-8H,3-6,11H2,1-2H3,(H,12,15)(H,13,14). The molecule has 2 atom stereocenters. The lowest BCUT2D eigenvalue weighted by Crippen LogP contribution is -2.37. The fourth-order valence-corrected chi connectivity index (χ4v) is 1.25. The van der Waals surface area contributed by atoms with Crippen LogP contribution < -0.4 is 11.1 Å². The van der Waals surface area contributed by atoms with Gasteiger partial charge in [-0.25, -0.2) is 0 Å². The van der Waals surface area contributed by atoms with Gasteiger partial charge in [-0.1, -0.05) is 13.8 Å². The van der Waals surface area contributed by atoms with Crippen LogP contribution in [0.15, 0.2) is 0 Å². The zero-order valence-electron chi connectivity index (χ0n) is 9.32. The van der Waals surface area contributed by atoms with Crippen LogP contribution in [0.25, 0.3) is 0 Å². The van der Waals surface area contributed by atoms with Gasteiger partial charge in [0.25, 0.3) is 0 Å². The molecule has 0 aromatic carbocycles. The highest BCUT2D eigenvalue weighted by atomic mass is 16.4. The number of carbonyl (C=O) groups excluding carboxylic acids is 1. The third-order valence-corrected chi connectivity index (χ3v) is 2.30. The maximum Gasteiger partial charge on any atom is 0.303 e. The van der Waals surface area contributed by atoms with Crippen LogP contribution in [0.3, 0.4) is 0 Å². The van der Waals surface area contributed by atoms with Gasteiger partial charge in [-0.05, 0) is 12.3 Å². The molecule has 0 fully saturated rings. The molecule has 0 aromatic heterocycles. The number of carboxylic acid groups (broad SMARTS) is 1. The number of hydrogen-bond donors (Lipinski definition) is 3. The SMILES string of the molecule is CCC(CN)C(=O)NCC(C)CC(=O)O. The molecule has 0 heterocycles. The summed E-state index contributed by atoms with van der Waals surface area (Å²) in [5, 5.41) is 11.2. The van der Waals surface area contributed by atoms with Crippen LogP contribution in [0.4, 0.5) is 0 Å². The van der Waals surface area contributed by atoms with E-state index in [9.17, 15) is 9.59 Å². The number of aliphatic carboxylic acids is 1. The van der Waals surface area contributed by atoms with Crippen LogP contribution in [0.1, 0.15) is 26.7 Å². The number of amides is 1. The van der Waals surface area contributed by atoms with Crippen LogP contribution in [0.2, 0.25) is 0 Å². The Balaban J connectivity index is 3.83. The van der Waals surface area contributed by atoms with Crippen molar-refractivity contribution in [1.82, 2.24) is 5.32 Å².